The van der Waals surface area contributed by atoms with Crippen LogP contribution in [0, 0.1) is 5.82 Å². The van der Waals surface area contributed by atoms with Crippen molar-refractivity contribution < 1.29 is 18.7 Å². The average molecular weight is 403 g/mol. The van der Waals surface area contributed by atoms with E-state index in [0.29, 0.717) is 16.7 Å². The zero-order chi connectivity index (χ0) is 17.2. The number of fused-ring (bicyclic) bond motifs is 1. The van der Waals surface area contributed by atoms with Crippen LogP contribution >= 0.6 is 15.9 Å². The smallest absolute Gasteiger partial charge is 0.342 e. The lowest BCUT2D eigenvalue weighted by Gasteiger charge is -2.15. The Balaban J connectivity index is 2.23. The Morgan fingerprint density at radius 1 is 1.43 bits per heavy atom. The van der Waals surface area contributed by atoms with Gasteiger partial charge in [-0.05, 0) is 22.0 Å². The van der Waals surface area contributed by atoms with E-state index < -0.39 is 19.9 Å². The third-order valence-electron chi connectivity index (χ3n) is 3.41. The van der Waals surface area contributed by atoms with Crippen molar-refractivity contribution in [2.45, 2.75) is 32.4 Å². The third kappa shape index (κ3) is 4.18. The van der Waals surface area contributed by atoms with Crippen LogP contribution in [0.5, 0.6) is 0 Å². The Bertz CT molecular complexity index is 728. The highest BCUT2D eigenvalue weighted by atomic mass is 79.9. The molecule has 2 aromatic rings. The minimum atomic E-state index is -1.15. The molecule has 0 saturated heterocycles. The van der Waals surface area contributed by atoms with Gasteiger partial charge in [0.05, 0.1) is 12.5 Å². The van der Waals surface area contributed by atoms with Crippen molar-refractivity contribution in [3.8, 4) is 0 Å². The number of methoxy groups -OCH3 is 1. The number of halogens is 2. The van der Waals surface area contributed by atoms with E-state index in [9.17, 15) is 9.18 Å². The highest BCUT2D eigenvalue weighted by Gasteiger charge is 2.20. The number of hydrogen-bond donors (Lipinski definition) is 0. The molecule has 0 atom stereocenters. The van der Waals surface area contributed by atoms with E-state index in [-0.39, 0.29) is 17.7 Å². The summed E-state index contributed by atoms with van der Waals surface area (Å²) >= 11 is 3.31. The first-order valence-corrected chi connectivity index (χ1v) is 11.7. The van der Waals surface area contributed by atoms with Gasteiger partial charge in [-0.25, -0.2) is 14.2 Å². The zero-order valence-corrected chi connectivity index (χ0v) is 16.2. The molecule has 2 heterocycles. The van der Waals surface area contributed by atoms with Crippen molar-refractivity contribution >= 4 is 41.0 Å². The molecule has 8 heteroatoms. The zero-order valence-electron chi connectivity index (χ0n) is 13.7. The highest BCUT2D eigenvalue weighted by molar-refractivity contribution is 9.10. The summed E-state index contributed by atoms with van der Waals surface area (Å²) in [6.07, 6.45) is 2.89. The number of nitrogens with zero attached hydrogens (tertiary/aromatic N) is 2. The molecule has 0 aliphatic carbocycles. The molecule has 0 amide bonds. The van der Waals surface area contributed by atoms with Crippen LogP contribution in [0.15, 0.2) is 16.9 Å². The molecule has 0 radical (unpaired) electrons. The number of carbonyl (C=O) groups is 1. The maximum atomic E-state index is 14.5. The van der Waals surface area contributed by atoms with E-state index in [2.05, 4.69) is 45.3 Å². The van der Waals surface area contributed by atoms with Gasteiger partial charge in [-0.15, -0.1) is 0 Å². The fourth-order valence-electron chi connectivity index (χ4n) is 2.06. The van der Waals surface area contributed by atoms with Crippen molar-refractivity contribution in [2.75, 3.05) is 13.7 Å². The number of aromatic nitrogens is 2. The minimum Gasteiger partial charge on any atom is -0.465 e. The summed E-state index contributed by atoms with van der Waals surface area (Å²) in [6, 6.07) is 1.06. The molecule has 0 saturated carbocycles. The van der Waals surface area contributed by atoms with Crippen molar-refractivity contribution in [2.24, 2.45) is 0 Å². The molecule has 0 unspecified atom stereocenters. The molecule has 0 aromatic carbocycles. The van der Waals surface area contributed by atoms with Gasteiger partial charge in [-0.3, -0.25) is 0 Å². The molecular weight excluding hydrogens is 383 g/mol. The van der Waals surface area contributed by atoms with Crippen molar-refractivity contribution in [3.63, 3.8) is 0 Å². The number of rotatable bonds is 6. The van der Waals surface area contributed by atoms with Crippen LogP contribution in [0.1, 0.15) is 10.4 Å². The second-order valence-corrected chi connectivity index (χ2v) is 12.9. The number of esters is 1. The summed E-state index contributed by atoms with van der Waals surface area (Å²) in [4.78, 5) is 15.7. The fourth-order valence-corrected chi connectivity index (χ4v) is 3.42. The first-order chi connectivity index (χ1) is 10.7. The molecule has 23 heavy (non-hydrogen) atoms. The summed E-state index contributed by atoms with van der Waals surface area (Å²) in [5.74, 6) is -1.39. The topological polar surface area (TPSA) is 53.3 Å². The van der Waals surface area contributed by atoms with Crippen LogP contribution in [0.3, 0.4) is 0 Å². The van der Waals surface area contributed by atoms with E-state index in [1.807, 2.05) is 0 Å². The second kappa shape index (κ2) is 7.10. The highest BCUT2D eigenvalue weighted by Crippen LogP contribution is 2.29. The van der Waals surface area contributed by atoms with Crippen molar-refractivity contribution in [1.29, 1.82) is 0 Å². The lowest BCUT2D eigenvalue weighted by molar-refractivity contribution is 0.0595. The van der Waals surface area contributed by atoms with Gasteiger partial charge in [0, 0.05) is 31.5 Å². The van der Waals surface area contributed by atoms with E-state index >= 15 is 0 Å². The molecule has 126 valence electrons. The van der Waals surface area contributed by atoms with Gasteiger partial charge in [0.2, 0.25) is 0 Å². The van der Waals surface area contributed by atoms with Crippen molar-refractivity contribution in [3.05, 3.63) is 28.2 Å². The summed E-state index contributed by atoms with van der Waals surface area (Å²) in [5, 5.41) is 0.252. The SMILES string of the molecule is COC(=O)c1cnc2c(c(Br)cn2COCC[Si](C)(C)C)c1F. The van der Waals surface area contributed by atoms with Crippen LogP contribution in [0.25, 0.3) is 11.0 Å². The predicted octanol–water partition coefficient (Wildman–Crippen LogP) is 4.04. The summed E-state index contributed by atoms with van der Waals surface area (Å²) in [5.41, 5.74) is 0.244. The largest absolute Gasteiger partial charge is 0.465 e. The lowest BCUT2D eigenvalue weighted by atomic mass is 10.2. The molecule has 0 bridgehead atoms. The predicted molar refractivity (Wildman–Crippen MR) is 92.8 cm³/mol. The molecule has 0 aliphatic heterocycles. The first-order valence-electron chi connectivity index (χ1n) is 7.23. The Hall–Kier alpha value is -1.25. The van der Waals surface area contributed by atoms with Gasteiger partial charge in [0.15, 0.2) is 5.82 Å². The number of ether oxygens (including phenoxy) is 2. The normalized spacial score (nSPS) is 11.9. The van der Waals surface area contributed by atoms with Gasteiger partial charge in [0.1, 0.15) is 17.9 Å². The molecule has 2 aromatic heterocycles. The Kier molecular flexibility index (Phi) is 5.59. The Labute approximate surface area is 143 Å². The van der Waals surface area contributed by atoms with E-state index in [0.717, 1.165) is 6.04 Å². The fraction of sp³-hybridized carbons (Fsp3) is 0.467. The van der Waals surface area contributed by atoms with E-state index in [1.165, 1.54) is 13.3 Å². The van der Waals surface area contributed by atoms with E-state index in [4.69, 9.17) is 4.74 Å². The minimum absolute atomic E-state index is 0.182. The maximum absolute atomic E-state index is 14.5. The first kappa shape index (κ1) is 18.1. The summed E-state index contributed by atoms with van der Waals surface area (Å²) < 4.78 is 27.0. The summed E-state index contributed by atoms with van der Waals surface area (Å²) in [7, 11) is 0.0593. The third-order valence-corrected chi connectivity index (χ3v) is 5.71. The van der Waals surface area contributed by atoms with Crippen LogP contribution in [-0.2, 0) is 16.2 Å². The standard InChI is InChI=1S/C15H20BrFN2O3Si/c1-21-15(20)10-7-18-14-12(13(10)17)11(16)8-19(14)9-22-5-6-23(2,3)4/h7-8H,5-6,9H2,1-4H3. The molecular formula is C15H20BrFN2O3Si. The van der Waals surface area contributed by atoms with Gasteiger partial charge in [-0.1, -0.05) is 19.6 Å². The Morgan fingerprint density at radius 2 is 2.13 bits per heavy atom. The van der Waals surface area contributed by atoms with Crippen LogP contribution in [0.4, 0.5) is 4.39 Å². The van der Waals surface area contributed by atoms with Gasteiger partial charge in [-0.2, -0.15) is 0 Å². The second-order valence-electron chi connectivity index (χ2n) is 6.47. The molecule has 2 rings (SSSR count). The molecule has 0 aliphatic rings. The van der Waals surface area contributed by atoms with Crippen LogP contribution in [0.2, 0.25) is 25.7 Å². The number of carbonyl (C=O) groups excluding carboxylic acids is 1. The average Bonchev–Trinajstić information content (AvgIpc) is 2.79. The summed E-state index contributed by atoms with van der Waals surface area (Å²) in [6.45, 7) is 7.79. The number of hydrogen-bond acceptors (Lipinski definition) is 4. The molecule has 0 fully saturated rings. The molecule has 0 N–H and O–H groups in total. The van der Waals surface area contributed by atoms with E-state index in [1.54, 1.807) is 10.8 Å². The van der Waals surface area contributed by atoms with Crippen LogP contribution < -0.4 is 0 Å². The van der Waals surface area contributed by atoms with Gasteiger partial charge >= 0.3 is 5.97 Å². The number of pyridine rings is 1. The lowest BCUT2D eigenvalue weighted by Crippen LogP contribution is -2.22. The van der Waals surface area contributed by atoms with Crippen LogP contribution in [-0.4, -0.2) is 37.3 Å². The Morgan fingerprint density at radius 3 is 2.74 bits per heavy atom. The van der Waals surface area contributed by atoms with Gasteiger partial charge in [0.25, 0.3) is 0 Å². The van der Waals surface area contributed by atoms with Gasteiger partial charge < -0.3 is 14.0 Å². The molecule has 5 nitrogen and oxygen atoms in total. The molecule has 0 spiro atoms. The monoisotopic (exact) mass is 402 g/mol. The quantitative estimate of drug-likeness (QED) is 0.415. The maximum Gasteiger partial charge on any atom is 0.342 e. The van der Waals surface area contributed by atoms with Crippen molar-refractivity contribution in [1.82, 2.24) is 9.55 Å².